The Hall–Kier alpha value is -1.89. The van der Waals surface area contributed by atoms with Gasteiger partial charge in [0.25, 0.3) is 0 Å². The van der Waals surface area contributed by atoms with Gasteiger partial charge in [-0.25, -0.2) is 9.97 Å². The molecule has 2 unspecified atom stereocenters. The van der Waals surface area contributed by atoms with Crippen molar-refractivity contribution in [1.29, 1.82) is 0 Å². The third kappa shape index (κ3) is 2.67. The van der Waals surface area contributed by atoms with Gasteiger partial charge in [0.2, 0.25) is 5.95 Å². The third-order valence-electron chi connectivity index (χ3n) is 2.72. The molecule has 0 saturated carbocycles. The summed E-state index contributed by atoms with van der Waals surface area (Å²) in [5, 5.41) is 11.6. The zero-order valence-electron chi connectivity index (χ0n) is 10.4. The molecular weight excluding hydrogens is 234 g/mol. The number of amidine groups is 1. The van der Waals surface area contributed by atoms with Crippen LogP contribution in [0.25, 0.3) is 0 Å². The molecule has 98 valence electrons. The number of anilines is 1. The number of nitrogens with two attached hydrogens (primary N) is 1. The Kier molecular flexibility index (Phi) is 3.61. The van der Waals surface area contributed by atoms with Gasteiger partial charge in [-0.15, -0.1) is 0 Å². The molecule has 0 bridgehead atoms. The Morgan fingerprint density at radius 3 is 2.78 bits per heavy atom. The Balaban J connectivity index is 2.22. The fourth-order valence-electron chi connectivity index (χ4n) is 2.04. The molecule has 2 heterocycles. The highest BCUT2D eigenvalue weighted by molar-refractivity contribution is 5.95. The molecule has 0 aromatic carbocycles. The molecule has 0 aliphatic carbocycles. The molecular formula is C11H17N5O2. The minimum Gasteiger partial charge on any atom is -0.409 e. The van der Waals surface area contributed by atoms with Crippen molar-refractivity contribution >= 4 is 11.8 Å². The lowest BCUT2D eigenvalue weighted by Gasteiger charge is -2.35. The molecule has 1 saturated heterocycles. The first-order valence-electron chi connectivity index (χ1n) is 5.81. The Morgan fingerprint density at radius 2 is 2.17 bits per heavy atom. The summed E-state index contributed by atoms with van der Waals surface area (Å²) in [5.41, 5.74) is 5.93. The molecule has 7 nitrogen and oxygen atoms in total. The molecule has 0 amide bonds. The number of rotatable bonds is 2. The van der Waals surface area contributed by atoms with Gasteiger partial charge in [0.05, 0.1) is 12.2 Å². The van der Waals surface area contributed by atoms with Gasteiger partial charge in [-0.2, -0.15) is 0 Å². The summed E-state index contributed by atoms with van der Waals surface area (Å²) in [5.74, 6) is 0.550. The van der Waals surface area contributed by atoms with E-state index in [1.165, 1.54) is 0 Å². The zero-order valence-corrected chi connectivity index (χ0v) is 10.4. The largest absolute Gasteiger partial charge is 0.409 e. The summed E-state index contributed by atoms with van der Waals surface area (Å²) in [7, 11) is 0. The molecule has 1 aliphatic heterocycles. The van der Waals surface area contributed by atoms with E-state index in [1.54, 1.807) is 12.3 Å². The second-order valence-corrected chi connectivity index (χ2v) is 4.39. The van der Waals surface area contributed by atoms with Gasteiger partial charge < -0.3 is 20.6 Å². The fourth-order valence-corrected chi connectivity index (χ4v) is 2.04. The van der Waals surface area contributed by atoms with E-state index in [4.69, 9.17) is 15.7 Å². The first kappa shape index (κ1) is 12.6. The second-order valence-electron chi connectivity index (χ2n) is 4.39. The average Bonchev–Trinajstić information content (AvgIpc) is 2.37. The van der Waals surface area contributed by atoms with Crippen molar-refractivity contribution in [2.24, 2.45) is 10.9 Å². The summed E-state index contributed by atoms with van der Waals surface area (Å²) in [4.78, 5) is 10.5. The summed E-state index contributed by atoms with van der Waals surface area (Å²) in [6.07, 6.45) is 1.86. The molecule has 1 aromatic heterocycles. The quantitative estimate of drug-likeness (QED) is 0.337. The standard InChI is InChI=1S/C11H17N5O2/c1-7-5-16(6-8(2)18-7)11-13-4-3-9(14-11)10(12)15-17/h3-4,7-8,17H,5-6H2,1-2H3,(H2,12,15). The lowest BCUT2D eigenvalue weighted by atomic mass is 10.2. The smallest absolute Gasteiger partial charge is 0.226 e. The maximum absolute atomic E-state index is 8.64. The van der Waals surface area contributed by atoms with Crippen molar-refractivity contribution in [3.63, 3.8) is 0 Å². The van der Waals surface area contributed by atoms with Crippen molar-refractivity contribution in [3.8, 4) is 0 Å². The molecule has 7 heteroatoms. The molecule has 2 atom stereocenters. The number of ether oxygens (including phenoxy) is 1. The highest BCUT2D eigenvalue weighted by Gasteiger charge is 2.24. The molecule has 1 aromatic rings. The zero-order chi connectivity index (χ0) is 13.1. The van der Waals surface area contributed by atoms with Crippen LogP contribution in [-0.2, 0) is 4.74 Å². The van der Waals surface area contributed by atoms with E-state index >= 15 is 0 Å². The van der Waals surface area contributed by atoms with Crippen LogP contribution in [0.15, 0.2) is 17.4 Å². The Morgan fingerprint density at radius 1 is 1.50 bits per heavy atom. The van der Waals surface area contributed by atoms with Crippen LogP contribution in [0.5, 0.6) is 0 Å². The van der Waals surface area contributed by atoms with Gasteiger partial charge in [0.15, 0.2) is 5.84 Å². The first-order valence-corrected chi connectivity index (χ1v) is 5.81. The summed E-state index contributed by atoms with van der Waals surface area (Å²) in [6, 6.07) is 1.60. The predicted molar refractivity (Wildman–Crippen MR) is 66.8 cm³/mol. The summed E-state index contributed by atoms with van der Waals surface area (Å²) >= 11 is 0. The van der Waals surface area contributed by atoms with Crippen LogP contribution in [0, 0.1) is 0 Å². The predicted octanol–water partition coefficient (Wildman–Crippen LogP) is 0.185. The molecule has 2 rings (SSSR count). The van der Waals surface area contributed by atoms with Crippen LogP contribution < -0.4 is 10.6 Å². The number of morpholine rings is 1. The lowest BCUT2D eigenvalue weighted by molar-refractivity contribution is -0.00572. The first-order chi connectivity index (χ1) is 8.60. The topological polar surface area (TPSA) is 96.9 Å². The van der Waals surface area contributed by atoms with Crippen molar-refractivity contribution in [2.45, 2.75) is 26.1 Å². The van der Waals surface area contributed by atoms with Gasteiger partial charge in [0.1, 0.15) is 5.69 Å². The van der Waals surface area contributed by atoms with Gasteiger partial charge in [0, 0.05) is 19.3 Å². The molecule has 0 spiro atoms. The van der Waals surface area contributed by atoms with E-state index in [0.717, 1.165) is 13.1 Å². The molecule has 1 fully saturated rings. The average molecular weight is 251 g/mol. The van der Waals surface area contributed by atoms with Gasteiger partial charge in [-0.05, 0) is 19.9 Å². The lowest BCUT2D eigenvalue weighted by Crippen LogP contribution is -2.46. The van der Waals surface area contributed by atoms with Crippen molar-refractivity contribution in [2.75, 3.05) is 18.0 Å². The van der Waals surface area contributed by atoms with Crippen molar-refractivity contribution in [1.82, 2.24) is 9.97 Å². The molecule has 18 heavy (non-hydrogen) atoms. The monoisotopic (exact) mass is 251 g/mol. The Labute approximate surface area is 105 Å². The second kappa shape index (κ2) is 5.18. The van der Waals surface area contributed by atoms with E-state index in [0.29, 0.717) is 11.6 Å². The van der Waals surface area contributed by atoms with E-state index in [9.17, 15) is 0 Å². The number of nitrogens with zero attached hydrogens (tertiary/aromatic N) is 4. The van der Waals surface area contributed by atoms with Crippen LogP contribution in [0.1, 0.15) is 19.5 Å². The minimum absolute atomic E-state index is 0.0204. The summed E-state index contributed by atoms with van der Waals surface area (Å²) < 4.78 is 5.65. The third-order valence-corrected chi connectivity index (χ3v) is 2.72. The number of oxime groups is 1. The maximum Gasteiger partial charge on any atom is 0.226 e. The molecule has 0 radical (unpaired) electrons. The highest BCUT2D eigenvalue weighted by atomic mass is 16.5. The van der Waals surface area contributed by atoms with Gasteiger partial charge in [-0.1, -0.05) is 5.16 Å². The van der Waals surface area contributed by atoms with Crippen molar-refractivity contribution < 1.29 is 9.94 Å². The number of hydrogen-bond acceptors (Lipinski definition) is 6. The van der Waals surface area contributed by atoms with Crippen LogP contribution in [0.2, 0.25) is 0 Å². The van der Waals surface area contributed by atoms with E-state index < -0.39 is 0 Å². The molecule has 1 aliphatic rings. The van der Waals surface area contributed by atoms with E-state index in [2.05, 4.69) is 15.1 Å². The van der Waals surface area contributed by atoms with Crippen LogP contribution in [0.3, 0.4) is 0 Å². The minimum atomic E-state index is -0.0204. The number of aromatic nitrogens is 2. The molecule has 3 N–H and O–H groups in total. The van der Waals surface area contributed by atoms with Crippen molar-refractivity contribution in [3.05, 3.63) is 18.0 Å². The summed E-state index contributed by atoms with van der Waals surface area (Å²) in [6.45, 7) is 5.47. The SMILES string of the molecule is CC1CN(c2nccc(/C(N)=N/O)n2)CC(C)O1. The normalized spacial score (nSPS) is 25.2. The van der Waals surface area contributed by atoms with Crippen LogP contribution in [-0.4, -0.2) is 46.3 Å². The van der Waals surface area contributed by atoms with Gasteiger partial charge in [-0.3, -0.25) is 0 Å². The fraction of sp³-hybridized carbons (Fsp3) is 0.545. The van der Waals surface area contributed by atoms with E-state index in [1.807, 2.05) is 18.7 Å². The highest BCUT2D eigenvalue weighted by Crippen LogP contribution is 2.16. The van der Waals surface area contributed by atoms with Gasteiger partial charge >= 0.3 is 0 Å². The Bertz CT molecular complexity index is 441. The van der Waals surface area contributed by atoms with E-state index in [-0.39, 0.29) is 18.0 Å². The van der Waals surface area contributed by atoms with Crippen LogP contribution in [0.4, 0.5) is 5.95 Å². The number of hydrogen-bond donors (Lipinski definition) is 2. The van der Waals surface area contributed by atoms with Crippen LogP contribution >= 0.6 is 0 Å². The maximum atomic E-state index is 8.64.